The SMILES string of the molecule is Fc1c(F)c(F)c2c(-c3cccs3)nnc(-c3cccs3)c2c1F. The third-order valence-electron chi connectivity index (χ3n) is 3.50. The van der Waals surface area contributed by atoms with Crippen molar-refractivity contribution in [1.82, 2.24) is 10.2 Å². The van der Waals surface area contributed by atoms with Crippen LogP contribution in [0.1, 0.15) is 0 Å². The number of nitrogens with zero attached hydrogens (tertiary/aromatic N) is 2. The largest absolute Gasteiger partial charge is 0.203 e. The molecule has 3 aromatic heterocycles. The molecule has 0 bridgehead atoms. The van der Waals surface area contributed by atoms with Gasteiger partial charge in [-0.3, -0.25) is 0 Å². The number of hydrogen-bond acceptors (Lipinski definition) is 4. The van der Waals surface area contributed by atoms with Gasteiger partial charge in [-0.2, -0.15) is 0 Å². The Kier molecular flexibility index (Phi) is 3.58. The van der Waals surface area contributed by atoms with Crippen molar-refractivity contribution in [3.63, 3.8) is 0 Å². The molecule has 2 nitrogen and oxygen atoms in total. The summed E-state index contributed by atoms with van der Waals surface area (Å²) in [7, 11) is 0. The fourth-order valence-electron chi connectivity index (χ4n) is 2.45. The van der Waals surface area contributed by atoms with Crippen LogP contribution in [0.4, 0.5) is 17.6 Å². The van der Waals surface area contributed by atoms with Crippen LogP contribution >= 0.6 is 22.7 Å². The third kappa shape index (κ3) is 2.14. The molecule has 0 fully saturated rings. The number of halogens is 4. The molecule has 0 radical (unpaired) electrons. The van der Waals surface area contributed by atoms with Gasteiger partial charge in [-0.25, -0.2) is 17.6 Å². The summed E-state index contributed by atoms with van der Waals surface area (Å²) in [6, 6.07) is 6.62. The van der Waals surface area contributed by atoms with E-state index in [1.165, 1.54) is 22.7 Å². The zero-order valence-electron chi connectivity index (χ0n) is 11.7. The van der Waals surface area contributed by atoms with Crippen molar-refractivity contribution in [2.75, 3.05) is 0 Å². The number of fused-ring (bicyclic) bond motifs is 1. The number of thiophene rings is 2. The van der Waals surface area contributed by atoms with E-state index in [9.17, 15) is 17.6 Å². The van der Waals surface area contributed by atoms with Crippen LogP contribution in [-0.4, -0.2) is 10.2 Å². The molecule has 4 rings (SSSR count). The Morgan fingerprint density at radius 3 is 1.38 bits per heavy atom. The molecule has 8 heteroatoms. The van der Waals surface area contributed by atoms with Crippen LogP contribution in [0.3, 0.4) is 0 Å². The fourth-order valence-corrected chi connectivity index (χ4v) is 3.88. The molecule has 3 heterocycles. The van der Waals surface area contributed by atoms with Crippen LogP contribution < -0.4 is 0 Å². The summed E-state index contributed by atoms with van der Waals surface area (Å²) in [5.41, 5.74) is -0.0359. The smallest absolute Gasteiger partial charge is 0.198 e. The Balaban J connectivity index is 2.21. The van der Waals surface area contributed by atoms with Gasteiger partial charge >= 0.3 is 0 Å². The zero-order valence-corrected chi connectivity index (χ0v) is 13.3. The molecule has 0 atom stereocenters. The second-order valence-corrected chi connectivity index (χ2v) is 6.75. The van der Waals surface area contributed by atoms with E-state index in [4.69, 9.17) is 0 Å². The van der Waals surface area contributed by atoms with E-state index in [-0.39, 0.29) is 11.4 Å². The average molecular weight is 366 g/mol. The molecule has 1 aromatic carbocycles. The van der Waals surface area contributed by atoms with Gasteiger partial charge in [0.05, 0.1) is 20.5 Å². The highest BCUT2D eigenvalue weighted by Gasteiger charge is 2.27. The lowest BCUT2D eigenvalue weighted by Gasteiger charge is -2.11. The first kappa shape index (κ1) is 15.2. The van der Waals surface area contributed by atoms with E-state index >= 15 is 0 Å². The van der Waals surface area contributed by atoms with Crippen molar-refractivity contribution >= 4 is 33.4 Å². The Morgan fingerprint density at radius 2 is 1.04 bits per heavy atom. The second kappa shape index (κ2) is 5.64. The zero-order chi connectivity index (χ0) is 16.8. The lowest BCUT2D eigenvalue weighted by molar-refractivity contribution is 0.418. The van der Waals surface area contributed by atoms with Crippen molar-refractivity contribution in [1.29, 1.82) is 0 Å². The van der Waals surface area contributed by atoms with Crippen LogP contribution in [-0.2, 0) is 0 Å². The van der Waals surface area contributed by atoms with Crippen LogP contribution in [0.5, 0.6) is 0 Å². The minimum Gasteiger partial charge on any atom is -0.203 e. The minimum absolute atomic E-state index is 0.0180. The summed E-state index contributed by atoms with van der Waals surface area (Å²) in [4.78, 5) is 0.962. The van der Waals surface area contributed by atoms with Gasteiger partial charge in [-0.1, -0.05) is 12.1 Å². The van der Waals surface area contributed by atoms with E-state index in [0.717, 1.165) is 0 Å². The lowest BCUT2D eigenvalue weighted by Crippen LogP contribution is -2.03. The fraction of sp³-hybridized carbons (Fsp3) is 0. The number of benzene rings is 1. The number of aromatic nitrogens is 2. The maximum Gasteiger partial charge on any atom is 0.198 e. The van der Waals surface area contributed by atoms with Crippen molar-refractivity contribution in [3.05, 3.63) is 58.3 Å². The van der Waals surface area contributed by atoms with Crippen molar-refractivity contribution < 1.29 is 17.6 Å². The topological polar surface area (TPSA) is 25.8 Å². The van der Waals surface area contributed by atoms with E-state index in [0.29, 0.717) is 9.75 Å². The molecule has 24 heavy (non-hydrogen) atoms. The number of rotatable bonds is 2. The van der Waals surface area contributed by atoms with Crippen LogP contribution in [0, 0.1) is 23.3 Å². The predicted octanol–water partition coefficient (Wildman–Crippen LogP) is 5.64. The van der Waals surface area contributed by atoms with Gasteiger partial charge in [0.1, 0.15) is 11.4 Å². The number of hydrogen-bond donors (Lipinski definition) is 0. The highest BCUT2D eigenvalue weighted by Crippen LogP contribution is 2.39. The van der Waals surface area contributed by atoms with Crippen molar-refractivity contribution in [2.45, 2.75) is 0 Å². The molecule has 0 saturated carbocycles. The molecule has 0 aliphatic heterocycles. The van der Waals surface area contributed by atoms with Crippen molar-refractivity contribution in [3.8, 4) is 21.1 Å². The Bertz CT molecular complexity index is 960. The molecular formula is C16H6F4N2S2. The second-order valence-electron chi connectivity index (χ2n) is 4.86. The van der Waals surface area contributed by atoms with E-state index in [2.05, 4.69) is 10.2 Å². The molecule has 0 unspecified atom stereocenters. The Morgan fingerprint density at radius 1 is 0.625 bits per heavy atom. The average Bonchev–Trinajstić information content (AvgIpc) is 3.30. The monoisotopic (exact) mass is 366 g/mol. The van der Waals surface area contributed by atoms with E-state index in [1.54, 1.807) is 35.0 Å². The van der Waals surface area contributed by atoms with Crippen LogP contribution in [0.15, 0.2) is 35.0 Å². The molecule has 4 aromatic rings. The highest BCUT2D eigenvalue weighted by molar-refractivity contribution is 7.14. The molecule has 0 amide bonds. The quantitative estimate of drug-likeness (QED) is 0.261. The lowest BCUT2D eigenvalue weighted by atomic mass is 10.0. The van der Waals surface area contributed by atoms with E-state index < -0.39 is 34.0 Å². The molecule has 0 spiro atoms. The molecule has 0 saturated heterocycles. The van der Waals surface area contributed by atoms with Gasteiger partial charge < -0.3 is 0 Å². The first-order valence-electron chi connectivity index (χ1n) is 6.69. The third-order valence-corrected chi connectivity index (χ3v) is 5.25. The molecule has 0 aliphatic rings. The summed E-state index contributed by atoms with van der Waals surface area (Å²) in [5.74, 6) is -6.66. The van der Waals surface area contributed by atoms with Gasteiger partial charge in [-0.05, 0) is 22.9 Å². The van der Waals surface area contributed by atoms with Crippen LogP contribution in [0.2, 0.25) is 0 Å². The van der Waals surface area contributed by atoms with Gasteiger partial charge in [0, 0.05) is 0 Å². The Hall–Kier alpha value is -2.32. The maximum absolute atomic E-state index is 14.5. The van der Waals surface area contributed by atoms with Gasteiger partial charge in [-0.15, -0.1) is 32.9 Å². The summed E-state index contributed by atoms with van der Waals surface area (Å²) in [5, 5.41) is 10.5. The summed E-state index contributed by atoms with van der Waals surface area (Å²) >= 11 is 2.43. The van der Waals surface area contributed by atoms with Gasteiger partial charge in [0.25, 0.3) is 0 Å². The van der Waals surface area contributed by atoms with Gasteiger partial charge in [0.2, 0.25) is 0 Å². The first-order valence-corrected chi connectivity index (χ1v) is 8.45. The molecular weight excluding hydrogens is 360 g/mol. The standard InChI is InChI=1S/C16H6F4N2S2/c17-11-9-10(12(18)14(20)13(11)19)16(8-4-2-6-24-8)22-21-15(9)7-3-1-5-23-7/h1-6H. The predicted molar refractivity (Wildman–Crippen MR) is 86.0 cm³/mol. The summed E-state index contributed by atoms with van der Waals surface area (Å²) in [6.45, 7) is 0. The molecule has 0 aliphatic carbocycles. The molecule has 0 N–H and O–H groups in total. The highest BCUT2D eigenvalue weighted by atomic mass is 32.1. The normalized spacial score (nSPS) is 11.3. The summed E-state index contributed by atoms with van der Waals surface area (Å²) in [6.07, 6.45) is 0. The first-order chi connectivity index (χ1) is 11.6. The maximum atomic E-state index is 14.5. The molecule has 120 valence electrons. The van der Waals surface area contributed by atoms with E-state index in [1.807, 2.05) is 0 Å². The summed E-state index contributed by atoms with van der Waals surface area (Å²) < 4.78 is 56.5. The van der Waals surface area contributed by atoms with Crippen molar-refractivity contribution in [2.24, 2.45) is 0 Å². The minimum atomic E-state index is -1.86. The Labute approximate surface area is 141 Å². The van der Waals surface area contributed by atoms with Crippen LogP contribution in [0.25, 0.3) is 31.9 Å². The van der Waals surface area contributed by atoms with Gasteiger partial charge in [0.15, 0.2) is 23.3 Å².